The molecule has 2 aliphatic carbocycles. The summed E-state index contributed by atoms with van der Waals surface area (Å²) in [5.74, 6) is 0. The van der Waals surface area contributed by atoms with Gasteiger partial charge in [-0.05, 0) is 121 Å². The van der Waals surface area contributed by atoms with Crippen LogP contribution in [0.3, 0.4) is 0 Å². The SMILES string of the molecule is CC1(C)c2ccccc2-c2ccc(N(c3ccc(-c4ccc5c(c4)oc4ccccc45)cc3)c3ccc4c(c3)C(c3ccccc3)(c3ccccc3)c3ccccc3-4)cc21. The lowest BCUT2D eigenvalue weighted by Gasteiger charge is -2.35. The molecule has 10 aromatic rings. The van der Waals surface area contributed by atoms with Gasteiger partial charge in [0.25, 0.3) is 0 Å². The van der Waals surface area contributed by atoms with Crippen LogP contribution in [0.5, 0.6) is 0 Å². The molecule has 284 valence electrons. The Morgan fingerprint density at radius 2 is 0.850 bits per heavy atom. The van der Waals surface area contributed by atoms with Crippen LogP contribution in [0.1, 0.15) is 47.2 Å². The first-order chi connectivity index (χ1) is 29.5. The highest BCUT2D eigenvalue weighted by atomic mass is 16.3. The molecule has 9 aromatic carbocycles. The molecule has 0 saturated heterocycles. The Morgan fingerprint density at radius 1 is 0.350 bits per heavy atom. The Balaban J connectivity index is 1.06. The Morgan fingerprint density at radius 3 is 1.55 bits per heavy atom. The van der Waals surface area contributed by atoms with Crippen LogP contribution in [0.15, 0.2) is 217 Å². The first-order valence-electron chi connectivity index (χ1n) is 20.9. The Kier molecular flexibility index (Phi) is 7.52. The van der Waals surface area contributed by atoms with Gasteiger partial charge in [-0.3, -0.25) is 0 Å². The number of anilines is 3. The van der Waals surface area contributed by atoms with Crippen molar-refractivity contribution in [2.75, 3.05) is 4.90 Å². The fraction of sp³-hybridized carbons (Fsp3) is 0.0690. The molecule has 60 heavy (non-hydrogen) atoms. The second kappa shape index (κ2) is 13.0. The second-order valence-electron chi connectivity index (χ2n) is 16.8. The monoisotopic (exact) mass is 767 g/mol. The zero-order chi connectivity index (χ0) is 40.0. The summed E-state index contributed by atoms with van der Waals surface area (Å²) < 4.78 is 6.30. The van der Waals surface area contributed by atoms with Crippen LogP contribution in [-0.4, -0.2) is 0 Å². The number of benzene rings is 9. The summed E-state index contributed by atoms with van der Waals surface area (Å²) in [6.45, 7) is 4.72. The minimum absolute atomic E-state index is 0.137. The first kappa shape index (κ1) is 34.6. The Hall–Kier alpha value is -7.42. The maximum absolute atomic E-state index is 6.30. The topological polar surface area (TPSA) is 16.4 Å². The van der Waals surface area contributed by atoms with E-state index in [1.54, 1.807) is 0 Å². The maximum Gasteiger partial charge on any atom is 0.136 e. The van der Waals surface area contributed by atoms with Gasteiger partial charge >= 0.3 is 0 Å². The average Bonchev–Trinajstić information content (AvgIpc) is 3.90. The summed E-state index contributed by atoms with van der Waals surface area (Å²) in [5, 5.41) is 2.28. The van der Waals surface area contributed by atoms with E-state index in [2.05, 4.69) is 219 Å². The van der Waals surface area contributed by atoms with Gasteiger partial charge < -0.3 is 9.32 Å². The number of fused-ring (bicyclic) bond motifs is 9. The molecule has 2 heteroatoms. The summed E-state index contributed by atoms with van der Waals surface area (Å²) in [4.78, 5) is 2.45. The van der Waals surface area contributed by atoms with Gasteiger partial charge in [0.1, 0.15) is 11.2 Å². The molecule has 0 spiro atoms. The Bertz CT molecular complexity index is 3240. The minimum Gasteiger partial charge on any atom is -0.456 e. The van der Waals surface area contributed by atoms with Crippen LogP contribution in [0, 0.1) is 0 Å². The summed E-state index contributed by atoms with van der Waals surface area (Å²) in [6.07, 6.45) is 0. The predicted octanol–water partition coefficient (Wildman–Crippen LogP) is 15.4. The third-order valence-corrected chi connectivity index (χ3v) is 13.4. The first-order valence-corrected chi connectivity index (χ1v) is 20.9. The number of nitrogens with zero attached hydrogens (tertiary/aromatic N) is 1. The number of hydrogen-bond donors (Lipinski definition) is 0. The quantitative estimate of drug-likeness (QED) is 0.168. The highest BCUT2D eigenvalue weighted by Gasteiger charge is 2.46. The van der Waals surface area contributed by atoms with E-state index in [1.807, 2.05) is 12.1 Å². The van der Waals surface area contributed by atoms with Gasteiger partial charge in [0.15, 0.2) is 0 Å². The highest BCUT2D eigenvalue weighted by molar-refractivity contribution is 6.06. The number of rotatable bonds is 6. The van der Waals surface area contributed by atoms with Gasteiger partial charge in [-0.1, -0.05) is 172 Å². The average molecular weight is 768 g/mol. The maximum atomic E-state index is 6.30. The van der Waals surface area contributed by atoms with E-state index in [9.17, 15) is 0 Å². The standard InChI is InChI=1S/C58H41NO/c1-57(2)51-22-12-9-19-45(51)47-33-30-43(36-53(47)57)59(42-28-25-38(26-29-42)39-27-32-50-49-21-11-14-24-55(49)60-56(50)35-39)44-31-34-48-46-20-10-13-23-52(46)58(54(48)37-44,40-15-5-3-6-16-40)41-17-7-4-8-18-41/h3-37H,1-2H3. The number of furan rings is 1. The van der Waals surface area contributed by atoms with Crippen LogP contribution in [0.4, 0.5) is 17.1 Å². The van der Waals surface area contributed by atoms with Crippen LogP contribution >= 0.6 is 0 Å². The molecule has 0 saturated carbocycles. The summed E-state index contributed by atoms with van der Waals surface area (Å²) in [7, 11) is 0. The molecule has 1 heterocycles. The third-order valence-electron chi connectivity index (χ3n) is 13.4. The van der Waals surface area contributed by atoms with Gasteiger partial charge in [0.05, 0.1) is 5.41 Å². The van der Waals surface area contributed by atoms with Crippen molar-refractivity contribution in [2.45, 2.75) is 24.7 Å². The zero-order valence-electron chi connectivity index (χ0n) is 33.6. The largest absolute Gasteiger partial charge is 0.456 e. The predicted molar refractivity (Wildman–Crippen MR) is 249 cm³/mol. The lowest BCUT2D eigenvalue weighted by atomic mass is 9.67. The van der Waals surface area contributed by atoms with Crippen LogP contribution in [-0.2, 0) is 10.8 Å². The number of hydrogen-bond acceptors (Lipinski definition) is 2. The molecule has 1 aromatic heterocycles. The molecule has 0 fully saturated rings. The minimum atomic E-state index is -0.503. The van der Waals surface area contributed by atoms with Gasteiger partial charge in [-0.25, -0.2) is 0 Å². The van der Waals surface area contributed by atoms with E-state index in [-0.39, 0.29) is 5.41 Å². The molecule has 12 rings (SSSR count). The van der Waals surface area contributed by atoms with Crippen molar-refractivity contribution in [1.29, 1.82) is 0 Å². The van der Waals surface area contributed by atoms with Gasteiger partial charge in [-0.2, -0.15) is 0 Å². The van der Waals surface area contributed by atoms with E-state index in [0.717, 1.165) is 50.1 Å². The van der Waals surface area contributed by atoms with Crippen molar-refractivity contribution in [2.24, 2.45) is 0 Å². The highest BCUT2D eigenvalue weighted by Crippen LogP contribution is 2.58. The van der Waals surface area contributed by atoms with Gasteiger partial charge in [0.2, 0.25) is 0 Å². The molecule has 0 aliphatic heterocycles. The summed E-state index contributed by atoms with van der Waals surface area (Å²) in [6, 6.07) is 78.1. The molecule has 0 unspecified atom stereocenters. The number of para-hydroxylation sites is 1. The van der Waals surface area contributed by atoms with Crippen molar-refractivity contribution in [3.8, 4) is 33.4 Å². The van der Waals surface area contributed by atoms with E-state index in [1.165, 1.54) is 55.6 Å². The third kappa shape index (κ3) is 4.94. The molecule has 0 N–H and O–H groups in total. The lowest BCUT2D eigenvalue weighted by Crippen LogP contribution is -2.28. The van der Waals surface area contributed by atoms with E-state index in [4.69, 9.17) is 4.42 Å². The van der Waals surface area contributed by atoms with Crippen LogP contribution in [0.2, 0.25) is 0 Å². The summed E-state index contributed by atoms with van der Waals surface area (Å²) in [5.41, 5.74) is 19.8. The Labute approximate surface area is 350 Å². The van der Waals surface area contributed by atoms with Crippen LogP contribution < -0.4 is 4.90 Å². The summed E-state index contributed by atoms with van der Waals surface area (Å²) >= 11 is 0. The lowest BCUT2D eigenvalue weighted by molar-refractivity contribution is 0.660. The van der Waals surface area contributed by atoms with Gasteiger partial charge in [-0.15, -0.1) is 0 Å². The van der Waals surface area contributed by atoms with Crippen molar-refractivity contribution >= 4 is 39.0 Å². The smallest absolute Gasteiger partial charge is 0.136 e. The van der Waals surface area contributed by atoms with Crippen molar-refractivity contribution in [1.82, 2.24) is 0 Å². The van der Waals surface area contributed by atoms with Crippen molar-refractivity contribution in [3.05, 3.63) is 246 Å². The van der Waals surface area contributed by atoms with Crippen molar-refractivity contribution < 1.29 is 4.42 Å². The second-order valence-corrected chi connectivity index (χ2v) is 16.8. The van der Waals surface area contributed by atoms with E-state index in [0.29, 0.717) is 0 Å². The van der Waals surface area contributed by atoms with E-state index >= 15 is 0 Å². The fourth-order valence-corrected chi connectivity index (χ4v) is 10.6. The molecule has 0 atom stereocenters. The van der Waals surface area contributed by atoms with Crippen LogP contribution in [0.25, 0.3) is 55.3 Å². The van der Waals surface area contributed by atoms with Gasteiger partial charge in [0, 0.05) is 33.2 Å². The fourth-order valence-electron chi connectivity index (χ4n) is 10.6. The molecular formula is C58H41NO. The normalized spacial score (nSPS) is 14.1. The van der Waals surface area contributed by atoms with E-state index < -0.39 is 5.41 Å². The zero-order valence-corrected chi connectivity index (χ0v) is 33.6. The van der Waals surface area contributed by atoms with Crippen molar-refractivity contribution in [3.63, 3.8) is 0 Å². The molecule has 2 aliphatic rings. The molecule has 0 bridgehead atoms. The molecular weight excluding hydrogens is 727 g/mol. The molecule has 0 radical (unpaired) electrons. The molecule has 2 nitrogen and oxygen atoms in total. The molecule has 0 amide bonds.